The van der Waals surface area contributed by atoms with Gasteiger partial charge in [0.25, 0.3) is 5.92 Å². The first kappa shape index (κ1) is 13.9. The van der Waals surface area contributed by atoms with E-state index in [1.165, 1.54) is 24.3 Å². The number of halogens is 2. The maximum absolute atomic E-state index is 14.2. The largest absolute Gasteiger partial charge is 0.481 e. The molecule has 1 aromatic carbocycles. The molecule has 19 heavy (non-hydrogen) atoms. The van der Waals surface area contributed by atoms with Crippen molar-refractivity contribution in [2.75, 3.05) is 13.2 Å². The van der Waals surface area contributed by atoms with E-state index in [2.05, 4.69) is 0 Å². The summed E-state index contributed by atoms with van der Waals surface area (Å²) in [7, 11) is 0. The Labute approximate surface area is 110 Å². The zero-order valence-corrected chi connectivity index (χ0v) is 10.4. The van der Waals surface area contributed by atoms with Crippen LogP contribution < -0.4 is 0 Å². The lowest BCUT2D eigenvalue weighted by Gasteiger charge is -2.35. The number of carbonyl (C=O) groups is 1. The van der Waals surface area contributed by atoms with Crippen LogP contribution in [0.2, 0.25) is 0 Å². The summed E-state index contributed by atoms with van der Waals surface area (Å²) in [5.74, 6) is -4.30. The lowest BCUT2D eigenvalue weighted by molar-refractivity contribution is -0.165. The summed E-state index contributed by atoms with van der Waals surface area (Å²) < 4.78 is 33.6. The van der Waals surface area contributed by atoms with Crippen molar-refractivity contribution >= 4 is 5.97 Å². The normalized spacial score (nSPS) is 19.1. The number of aliphatic carboxylic acids is 1. The van der Waals surface area contributed by atoms with E-state index in [9.17, 15) is 18.7 Å². The lowest BCUT2D eigenvalue weighted by atomic mass is 9.74. The molecular formula is C14H16F2O3. The number of benzene rings is 1. The highest BCUT2D eigenvalue weighted by atomic mass is 19.3. The van der Waals surface area contributed by atoms with Gasteiger partial charge in [0, 0.05) is 25.2 Å². The zero-order valence-electron chi connectivity index (χ0n) is 10.4. The van der Waals surface area contributed by atoms with Gasteiger partial charge in [-0.25, -0.2) is 8.78 Å². The molecule has 0 radical (unpaired) electrons. The Kier molecular flexibility index (Phi) is 3.85. The van der Waals surface area contributed by atoms with Crippen molar-refractivity contribution in [2.45, 2.75) is 25.2 Å². The maximum atomic E-state index is 14.2. The molecule has 1 saturated heterocycles. The minimum Gasteiger partial charge on any atom is -0.481 e. The van der Waals surface area contributed by atoms with Gasteiger partial charge in [-0.05, 0) is 12.8 Å². The minimum atomic E-state index is -3.14. The molecule has 0 aromatic heterocycles. The Morgan fingerprint density at radius 1 is 1.26 bits per heavy atom. The van der Waals surface area contributed by atoms with Crippen LogP contribution in [0.3, 0.4) is 0 Å². The first-order chi connectivity index (χ1) is 8.96. The van der Waals surface area contributed by atoms with Gasteiger partial charge in [-0.1, -0.05) is 30.3 Å². The Balaban J connectivity index is 2.23. The molecule has 1 N–H and O–H groups in total. The predicted octanol–water partition coefficient (Wildman–Crippen LogP) is 3.05. The first-order valence-corrected chi connectivity index (χ1v) is 6.21. The molecule has 2 rings (SSSR count). The molecule has 0 spiro atoms. The van der Waals surface area contributed by atoms with Crippen molar-refractivity contribution in [3.05, 3.63) is 35.9 Å². The van der Waals surface area contributed by atoms with E-state index in [4.69, 9.17) is 4.74 Å². The summed E-state index contributed by atoms with van der Waals surface area (Å²) in [6, 6.07) is 7.37. The van der Waals surface area contributed by atoms with Gasteiger partial charge in [0.15, 0.2) is 0 Å². The van der Waals surface area contributed by atoms with Crippen LogP contribution in [0.5, 0.6) is 0 Å². The fourth-order valence-electron chi connectivity index (χ4n) is 2.44. The Morgan fingerprint density at radius 2 is 1.84 bits per heavy atom. The van der Waals surface area contributed by atoms with E-state index in [0.29, 0.717) is 0 Å². The molecule has 1 aliphatic heterocycles. The number of carboxylic acid groups (broad SMARTS) is 1. The van der Waals surface area contributed by atoms with Gasteiger partial charge in [0.1, 0.15) is 0 Å². The third-order valence-electron chi connectivity index (χ3n) is 3.66. The SMILES string of the molecule is O=C(O)C1(CC(F)(F)c2ccccc2)CCOCC1. The smallest absolute Gasteiger partial charge is 0.310 e. The van der Waals surface area contributed by atoms with Crippen LogP contribution >= 0.6 is 0 Å². The van der Waals surface area contributed by atoms with Crippen molar-refractivity contribution in [3.63, 3.8) is 0 Å². The van der Waals surface area contributed by atoms with E-state index in [1.54, 1.807) is 6.07 Å². The summed E-state index contributed by atoms with van der Waals surface area (Å²) in [5, 5.41) is 9.31. The van der Waals surface area contributed by atoms with E-state index < -0.39 is 23.7 Å². The fourth-order valence-corrected chi connectivity index (χ4v) is 2.44. The monoisotopic (exact) mass is 270 g/mol. The molecule has 3 nitrogen and oxygen atoms in total. The number of alkyl halides is 2. The highest BCUT2D eigenvalue weighted by Gasteiger charge is 2.48. The van der Waals surface area contributed by atoms with Crippen LogP contribution in [0.15, 0.2) is 30.3 Å². The molecule has 1 aromatic rings. The Bertz CT molecular complexity index is 439. The van der Waals surface area contributed by atoms with Crippen LogP contribution in [0, 0.1) is 5.41 Å². The Morgan fingerprint density at radius 3 is 2.37 bits per heavy atom. The summed E-state index contributed by atoms with van der Waals surface area (Å²) in [6.45, 7) is 0.439. The molecule has 0 aliphatic carbocycles. The van der Waals surface area contributed by atoms with Crippen LogP contribution in [0.25, 0.3) is 0 Å². The molecule has 0 bridgehead atoms. The van der Waals surface area contributed by atoms with E-state index in [-0.39, 0.29) is 31.6 Å². The van der Waals surface area contributed by atoms with Gasteiger partial charge in [-0.3, -0.25) is 4.79 Å². The second kappa shape index (κ2) is 5.25. The maximum Gasteiger partial charge on any atom is 0.310 e. The molecule has 0 saturated carbocycles. The standard InChI is InChI=1S/C14H16F2O3/c15-14(16,11-4-2-1-3-5-11)10-13(12(17)18)6-8-19-9-7-13/h1-5H,6-10H2,(H,17,18). The summed E-state index contributed by atoms with van der Waals surface area (Å²) in [4.78, 5) is 11.4. The van der Waals surface area contributed by atoms with Crippen molar-refractivity contribution in [1.29, 1.82) is 0 Å². The van der Waals surface area contributed by atoms with Gasteiger partial charge >= 0.3 is 5.97 Å². The average molecular weight is 270 g/mol. The van der Waals surface area contributed by atoms with Crippen LogP contribution in [0.1, 0.15) is 24.8 Å². The molecule has 1 heterocycles. The molecular weight excluding hydrogens is 254 g/mol. The van der Waals surface area contributed by atoms with Gasteiger partial charge in [0.05, 0.1) is 5.41 Å². The van der Waals surface area contributed by atoms with Gasteiger partial charge in [0.2, 0.25) is 0 Å². The quantitative estimate of drug-likeness (QED) is 0.914. The van der Waals surface area contributed by atoms with Gasteiger partial charge < -0.3 is 9.84 Å². The number of hydrogen-bond acceptors (Lipinski definition) is 2. The van der Waals surface area contributed by atoms with Crippen molar-refractivity contribution in [2.24, 2.45) is 5.41 Å². The topological polar surface area (TPSA) is 46.5 Å². The van der Waals surface area contributed by atoms with Crippen molar-refractivity contribution in [1.82, 2.24) is 0 Å². The molecule has 0 amide bonds. The van der Waals surface area contributed by atoms with Crippen LogP contribution in [-0.4, -0.2) is 24.3 Å². The predicted molar refractivity (Wildman–Crippen MR) is 65.1 cm³/mol. The summed E-state index contributed by atoms with van der Waals surface area (Å²) in [6.07, 6.45) is -0.418. The van der Waals surface area contributed by atoms with Gasteiger partial charge in [-0.15, -0.1) is 0 Å². The average Bonchev–Trinajstić information content (AvgIpc) is 2.40. The van der Waals surface area contributed by atoms with Crippen LogP contribution in [0.4, 0.5) is 8.78 Å². The minimum absolute atomic E-state index is 0.130. The summed E-state index contributed by atoms with van der Waals surface area (Å²) >= 11 is 0. The lowest BCUT2D eigenvalue weighted by Crippen LogP contribution is -2.41. The molecule has 1 fully saturated rings. The molecule has 0 atom stereocenters. The van der Waals surface area contributed by atoms with Gasteiger partial charge in [-0.2, -0.15) is 0 Å². The third kappa shape index (κ3) is 2.92. The second-order valence-corrected chi connectivity index (χ2v) is 4.95. The number of carboxylic acids is 1. The van der Waals surface area contributed by atoms with E-state index in [0.717, 1.165) is 0 Å². The van der Waals surface area contributed by atoms with E-state index >= 15 is 0 Å². The molecule has 1 aliphatic rings. The first-order valence-electron chi connectivity index (χ1n) is 6.21. The third-order valence-corrected chi connectivity index (χ3v) is 3.66. The second-order valence-electron chi connectivity index (χ2n) is 4.95. The molecule has 104 valence electrons. The summed E-state index contributed by atoms with van der Waals surface area (Å²) in [5.41, 5.74) is -1.53. The van der Waals surface area contributed by atoms with Crippen molar-refractivity contribution < 1.29 is 23.4 Å². The van der Waals surface area contributed by atoms with E-state index in [1.807, 2.05) is 0 Å². The molecule has 5 heteroatoms. The number of rotatable bonds is 4. The van der Waals surface area contributed by atoms with Crippen molar-refractivity contribution in [3.8, 4) is 0 Å². The highest BCUT2D eigenvalue weighted by molar-refractivity contribution is 5.75. The Hall–Kier alpha value is -1.49. The number of ether oxygens (including phenoxy) is 1. The van der Waals surface area contributed by atoms with Crippen LogP contribution in [-0.2, 0) is 15.5 Å². The highest BCUT2D eigenvalue weighted by Crippen LogP contribution is 2.45. The zero-order chi connectivity index (χ0) is 13.9. The fraction of sp³-hybridized carbons (Fsp3) is 0.500. The molecule has 0 unspecified atom stereocenters. The number of hydrogen-bond donors (Lipinski definition) is 1.